The Morgan fingerprint density at radius 2 is 1.90 bits per heavy atom. The van der Waals surface area contributed by atoms with Crippen molar-refractivity contribution < 1.29 is 14.7 Å². The van der Waals surface area contributed by atoms with Gasteiger partial charge in [-0.25, -0.2) is 0 Å². The van der Waals surface area contributed by atoms with Crippen LogP contribution in [0.5, 0.6) is 0 Å². The molecule has 0 aliphatic heterocycles. The van der Waals surface area contributed by atoms with Crippen LogP contribution >= 0.6 is 0 Å². The topological polar surface area (TPSA) is 71.3 Å². The van der Waals surface area contributed by atoms with Gasteiger partial charge in [-0.1, -0.05) is 13.0 Å². The molecule has 0 radical (unpaired) electrons. The van der Waals surface area contributed by atoms with Crippen LogP contribution in [0.4, 0.5) is 0 Å². The Morgan fingerprint density at radius 3 is 2.50 bits per heavy atom. The van der Waals surface area contributed by atoms with E-state index in [2.05, 4.69) is 5.32 Å². The molecule has 2 unspecified atom stereocenters. The molecular formula is C25H30N2O3. The van der Waals surface area contributed by atoms with E-state index in [0.717, 1.165) is 37.7 Å². The van der Waals surface area contributed by atoms with Gasteiger partial charge in [-0.05, 0) is 86.1 Å². The quantitative estimate of drug-likeness (QED) is 0.747. The fourth-order valence-electron chi connectivity index (χ4n) is 6.54. The van der Waals surface area contributed by atoms with Crippen molar-refractivity contribution >= 4 is 11.7 Å². The smallest absolute Gasteiger partial charge is 0.251 e. The summed E-state index contributed by atoms with van der Waals surface area (Å²) in [4.78, 5) is 26.0. The van der Waals surface area contributed by atoms with Crippen LogP contribution in [-0.2, 0) is 13.5 Å². The number of aromatic nitrogens is 1. The van der Waals surface area contributed by atoms with E-state index >= 15 is 0 Å². The highest BCUT2D eigenvalue weighted by molar-refractivity contribution is 6.08. The van der Waals surface area contributed by atoms with Crippen molar-refractivity contribution in [1.29, 1.82) is 0 Å². The largest absolute Gasteiger partial charge is 0.390 e. The van der Waals surface area contributed by atoms with Gasteiger partial charge in [0.25, 0.3) is 5.91 Å². The molecule has 4 fully saturated rings. The van der Waals surface area contributed by atoms with E-state index in [4.69, 9.17) is 0 Å². The van der Waals surface area contributed by atoms with Crippen molar-refractivity contribution in [2.75, 3.05) is 0 Å². The number of hydrogen-bond donors (Lipinski definition) is 2. The fourth-order valence-corrected chi connectivity index (χ4v) is 6.54. The number of nitrogens with zero attached hydrogens (tertiary/aromatic N) is 1. The van der Waals surface area contributed by atoms with Crippen LogP contribution in [0.1, 0.15) is 71.0 Å². The summed E-state index contributed by atoms with van der Waals surface area (Å²) in [5.41, 5.74) is 2.32. The maximum Gasteiger partial charge on any atom is 0.251 e. The molecule has 0 spiro atoms. The summed E-state index contributed by atoms with van der Waals surface area (Å²) in [5, 5.41) is 14.1. The molecule has 2 aromatic rings. The molecule has 6 rings (SSSR count). The molecule has 2 N–H and O–H groups in total. The van der Waals surface area contributed by atoms with E-state index in [0.29, 0.717) is 41.0 Å². The lowest BCUT2D eigenvalue weighted by molar-refractivity contribution is -0.136. The summed E-state index contributed by atoms with van der Waals surface area (Å²) in [6.07, 6.45) is 7.36. The molecule has 158 valence electrons. The van der Waals surface area contributed by atoms with E-state index in [1.165, 1.54) is 0 Å². The molecule has 2 atom stereocenters. The first-order chi connectivity index (χ1) is 14.4. The molecule has 1 aromatic carbocycles. The van der Waals surface area contributed by atoms with E-state index in [-0.39, 0.29) is 17.7 Å². The van der Waals surface area contributed by atoms with Gasteiger partial charge in [-0.15, -0.1) is 0 Å². The minimum atomic E-state index is -0.495. The van der Waals surface area contributed by atoms with Gasteiger partial charge >= 0.3 is 0 Å². The van der Waals surface area contributed by atoms with Gasteiger partial charge in [0.15, 0.2) is 0 Å². The number of benzene rings is 1. The van der Waals surface area contributed by atoms with Crippen molar-refractivity contribution in [2.24, 2.45) is 24.8 Å². The Morgan fingerprint density at radius 1 is 1.17 bits per heavy atom. The molecule has 1 aromatic heterocycles. The third-order valence-electron chi connectivity index (χ3n) is 7.71. The average Bonchev–Trinajstić information content (AvgIpc) is 3.14. The summed E-state index contributed by atoms with van der Waals surface area (Å²) >= 11 is 0. The molecule has 30 heavy (non-hydrogen) atoms. The number of rotatable bonds is 5. The summed E-state index contributed by atoms with van der Waals surface area (Å²) in [6.45, 7) is 2.02. The Kier molecular flexibility index (Phi) is 4.62. The first-order valence-electron chi connectivity index (χ1n) is 11.2. The molecule has 1 amide bonds. The number of carbonyl (C=O) groups is 2. The van der Waals surface area contributed by atoms with E-state index in [1.54, 1.807) is 12.1 Å². The van der Waals surface area contributed by atoms with Crippen molar-refractivity contribution in [3.63, 3.8) is 0 Å². The van der Waals surface area contributed by atoms with Crippen molar-refractivity contribution in [2.45, 2.75) is 57.1 Å². The number of aliphatic hydroxyl groups is 1. The van der Waals surface area contributed by atoms with Crippen LogP contribution in [0, 0.1) is 17.8 Å². The molecule has 1 heterocycles. The third kappa shape index (κ3) is 3.20. The van der Waals surface area contributed by atoms with E-state index in [9.17, 15) is 14.7 Å². The summed E-state index contributed by atoms with van der Waals surface area (Å²) in [6, 6.07) is 9.26. The average molecular weight is 407 g/mol. The predicted octanol–water partition coefficient (Wildman–Crippen LogP) is 3.49. The second kappa shape index (κ2) is 7.09. The lowest BCUT2D eigenvalue weighted by Crippen LogP contribution is -2.61. The van der Waals surface area contributed by atoms with Crippen LogP contribution in [0.25, 0.3) is 0 Å². The lowest BCUT2D eigenvalue weighted by Gasteiger charge is -2.58. The highest BCUT2D eigenvalue weighted by Gasteiger charge is 2.55. The minimum absolute atomic E-state index is 0.0292. The molecule has 5 nitrogen and oxygen atoms in total. The Balaban J connectivity index is 1.36. The van der Waals surface area contributed by atoms with Crippen molar-refractivity contribution in [3.05, 3.63) is 58.9 Å². The number of hydrogen-bond acceptors (Lipinski definition) is 3. The molecular weight excluding hydrogens is 376 g/mol. The predicted molar refractivity (Wildman–Crippen MR) is 114 cm³/mol. The van der Waals surface area contributed by atoms with Gasteiger partial charge in [-0.2, -0.15) is 0 Å². The Labute approximate surface area is 177 Å². The lowest BCUT2D eigenvalue weighted by atomic mass is 9.52. The van der Waals surface area contributed by atoms with Gasteiger partial charge in [-0.3, -0.25) is 9.59 Å². The van der Waals surface area contributed by atoms with Gasteiger partial charge < -0.3 is 15.0 Å². The van der Waals surface area contributed by atoms with Gasteiger partial charge in [0.05, 0.1) is 11.3 Å². The summed E-state index contributed by atoms with van der Waals surface area (Å²) in [7, 11) is 1.86. The number of ketones is 1. The first kappa shape index (κ1) is 19.6. The Hall–Kier alpha value is -2.40. The van der Waals surface area contributed by atoms with Crippen LogP contribution < -0.4 is 5.32 Å². The molecule has 0 saturated heterocycles. The second-order valence-electron chi connectivity index (χ2n) is 9.75. The first-order valence-corrected chi connectivity index (χ1v) is 11.2. The molecule has 4 saturated carbocycles. The maximum absolute atomic E-state index is 13.2. The van der Waals surface area contributed by atoms with Crippen LogP contribution in [0.3, 0.4) is 0 Å². The molecule has 5 heteroatoms. The van der Waals surface area contributed by atoms with Gasteiger partial charge in [0.2, 0.25) is 5.78 Å². The van der Waals surface area contributed by atoms with E-state index in [1.807, 2.05) is 42.9 Å². The van der Waals surface area contributed by atoms with Crippen LogP contribution in [0.2, 0.25) is 0 Å². The highest BCUT2D eigenvalue weighted by atomic mass is 16.3. The van der Waals surface area contributed by atoms with Gasteiger partial charge in [0, 0.05) is 30.4 Å². The van der Waals surface area contributed by atoms with Crippen molar-refractivity contribution in [3.8, 4) is 0 Å². The Bertz CT molecular complexity index is 992. The standard InChI is InChI=1S/C25H30N2O3/c1-3-16-11-17(23(28)21-5-4-8-27(21)2)6-7-20(16)24(29)26-22-18-9-15-10-19(22)14-25(30,12-15)13-18/h4-8,11,15,18-19,22,30H,3,9-10,12-14H2,1-2H3,(H,26,29). The highest BCUT2D eigenvalue weighted by Crippen LogP contribution is 2.55. The SMILES string of the molecule is CCc1cc(C(=O)c2cccn2C)ccc1C(=O)NC1C2CC3CC1CC(O)(C3)C2. The number of carbonyl (C=O) groups excluding carboxylic acids is 2. The monoisotopic (exact) mass is 406 g/mol. The normalized spacial score (nSPS) is 31.7. The number of nitrogens with one attached hydrogen (secondary N) is 1. The molecule has 4 aliphatic carbocycles. The van der Waals surface area contributed by atoms with Gasteiger partial charge in [0.1, 0.15) is 0 Å². The zero-order chi connectivity index (χ0) is 21.0. The summed E-state index contributed by atoms with van der Waals surface area (Å²) < 4.78 is 1.81. The van der Waals surface area contributed by atoms with Crippen LogP contribution in [0.15, 0.2) is 36.5 Å². The van der Waals surface area contributed by atoms with Crippen LogP contribution in [-0.4, -0.2) is 33.0 Å². The minimum Gasteiger partial charge on any atom is -0.390 e. The maximum atomic E-state index is 13.2. The zero-order valence-corrected chi connectivity index (χ0v) is 17.7. The zero-order valence-electron chi connectivity index (χ0n) is 17.7. The fraction of sp³-hybridized carbons (Fsp3) is 0.520. The van der Waals surface area contributed by atoms with Crippen molar-refractivity contribution in [1.82, 2.24) is 9.88 Å². The number of aryl methyl sites for hydroxylation is 2. The third-order valence-corrected chi connectivity index (χ3v) is 7.71. The molecule has 4 aliphatic rings. The second-order valence-corrected chi connectivity index (χ2v) is 9.75. The number of amides is 1. The molecule has 4 bridgehead atoms. The summed E-state index contributed by atoms with van der Waals surface area (Å²) in [5.74, 6) is 1.31. The van der Waals surface area contributed by atoms with E-state index < -0.39 is 5.60 Å².